The van der Waals surface area contributed by atoms with Crippen LogP contribution in [-0.2, 0) is 0 Å². The number of aliphatic hydroxyl groups excluding tert-OH is 2. The van der Waals surface area contributed by atoms with E-state index in [-0.39, 0.29) is 18.1 Å². The minimum absolute atomic E-state index is 0.116. The van der Waals surface area contributed by atoms with E-state index in [0.717, 1.165) is 38.5 Å². The molecule has 2 nitrogen and oxygen atoms in total. The summed E-state index contributed by atoms with van der Waals surface area (Å²) >= 11 is 0. The largest absolute Gasteiger partial charge is 0.396 e. The third-order valence-corrected chi connectivity index (χ3v) is 3.32. The number of unbranched alkanes of at least 4 members (excludes halogenated alkanes) is 1. The van der Waals surface area contributed by atoms with Crippen molar-refractivity contribution in [3.8, 4) is 0 Å². The van der Waals surface area contributed by atoms with E-state index in [9.17, 15) is 10.2 Å². The van der Waals surface area contributed by atoms with E-state index in [1.165, 1.54) is 0 Å². The van der Waals surface area contributed by atoms with Gasteiger partial charge in [0.2, 0.25) is 0 Å². The number of hydrogen-bond donors (Lipinski definition) is 2. The summed E-state index contributed by atoms with van der Waals surface area (Å²) in [5, 5.41) is 19.5. The maximum Gasteiger partial charge on any atom is 0.0618 e. The van der Waals surface area contributed by atoms with E-state index in [1.54, 1.807) is 0 Å². The lowest BCUT2D eigenvalue weighted by Crippen LogP contribution is -2.38. The number of hydrogen-bond acceptors (Lipinski definition) is 2. The summed E-state index contributed by atoms with van der Waals surface area (Å²) in [6, 6.07) is 0. The molecule has 0 radical (unpaired) electrons. The maximum atomic E-state index is 10.0. The Morgan fingerprint density at radius 1 is 1.14 bits per heavy atom. The second kappa shape index (κ2) is 7.24. The molecule has 2 N–H and O–H groups in total. The van der Waals surface area contributed by atoms with Crippen LogP contribution in [0.5, 0.6) is 0 Å². The van der Waals surface area contributed by atoms with Crippen molar-refractivity contribution >= 4 is 0 Å². The van der Waals surface area contributed by atoms with Crippen molar-refractivity contribution in [3.05, 3.63) is 0 Å². The van der Waals surface area contributed by atoms with Gasteiger partial charge in [-0.25, -0.2) is 0 Å². The van der Waals surface area contributed by atoms with Crippen molar-refractivity contribution < 1.29 is 10.2 Å². The molecule has 0 aromatic carbocycles. The predicted molar refractivity (Wildman–Crippen MR) is 60.2 cm³/mol. The highest BCUT2D eigenvalue weighted by molar-refractivity contribution is 4.84. The van der Waals surface area contributed by atoms with Gasteiger partial charge < -0.3 is 10.2 Å². The molecule has 2 unspecified atom stereocenters. The Morgan fingerprint density at radius 3 is 2.14 bits per heavy atom. The molecule has 0 aromatic rings. The first-order valence-electron chi connectivity index (χ1n) is 5.95. The van der Waals surface area contributed by atoms with Crippen LogP contribution in [0.4, 0.5) is 0 Å². The summed E-state index contributed by atoms with van der Waals surface area (Å²) in [5.74, 6) is 0. The van der Waals surface area contributed by atoms with Crippen LogP contribution >= 0.6 is 0 Å². The molecule has 0 fully saturated rings. The topological polar surface area (TPSA) is 40.5 Å². The van der Waals surface area contributed by atoms with Gasteiger partial charge in [-0.2, -0.15) is 0 Å². The van der Waals surface area contributed by atoms with Crippen LogP contribution in [0.1, 0.15) is 59.3 Å². The van der Waals surface area contributed by atoms with Crippen molar-refractivity contribution in [3.63, 3.8) is 0 Å². The Labute approximate surface area is 88.3 Å². The lowest BCUT2D eigenvalue weighted by molar-refractivity contribution is -0.0326. The zero-order chi connectivity index (χ0) is 11.0. The fourth-order valence-electron chi connectivity index (χ4n) is 1.98. The maximum absolute atomic E-state index is 10.0. The van der Waals surface area contributed by atoms with Gasteiger partial charge in [0, 0.05) is 5.41 Å². The van der Waals surface area contributed by atoms with Gasteiger partial charge in [0.1, 0.15) is 0 Å². The average Bonchev–Trinajstić information content (AvgIpc) is 2.21. The summed E-state index contributed by atoms with van der Waals surface area (Å²) in [7, 11) is 0. The summed E-state index contributed by atoms with van der Waals surface area (Å²) in [6.07, 6.45) is 5.47. The molecule has 0 heterocycles. The minimum atomic E-state index is -0.339. The highest BCUT2D eigenvalue weighted by Gasteiger charge is 2.34. The third-order valence-electron chi connectivity index (χ3n) is 3.32. The molecule has 0 aliphatic rings. The van der Waals surface area contributed by atoms with E-state index in [0.29, 0.717) is 0 Å². The van der Waals surface area contributed by atoms with E-state index in [1.807, 2.05) is 0 Å². The SMILES string of the molecule is CCCCC(CC)(CO)C(O)CCC. The predicted octanol–water partition coefficient (Wildman–Crippen LogP) is 2.73. The first-order chi connectivity index (χ1) is 6.66. The molecule has 86 valence electrons. The van der Waals surface area contributed by atoms with Crippen molar-refractivity contribution in [2.45, 2.75) is 65.4 Å². The van der Waals surface area contributed by atoms with Crippen LogP contribution in [0.25, 0.3) is 0 Å². The van der Waals surface area contributed by atoms with Crippen molar-refractivity contribution in [1.82, 2.24) is 0 Å². The molecule has 0 rings (SSSR count). The van der Waals surface area contributed by atoms with Gasteiger partial charge in [-0.05, 0) is 19.3 Å². The first-order valence-corrected chi connectivity index (χ1v) is 5.95. The van der Waals surface area contributed by atoms with Gasteiger partial charge in [0.15, 0.2) is 0 Å². The Morgan fingerprint density at radius 2 is 1.79 bits per heavy atom. The zero-order valence-electron chi connectivity index (χ0n) is 9.92. The Bertz CT molecular complexity index is 130. The minimum Gasteiger partial charge on any atom is -0.396 e. The Kier molecular flexibility index (Phi) is 7.20. The van der Waals surface area contributed by atoms with Crippen LogP contribution in [0.2, 0.25) is 0 Å². The van der Waals surface area contributed by atoms with Gasteiger partial charge >= 0.3 is 0 Å². The van der Waals surface area contributed by atoms with Crippen LogP contribution in [0.15, 0.2) is 0 Å². The Hall–Kier alpha value is -0.0800. The molecule has 14 heavy (non-hydrogen) atoms. The molecule has 2 heteroatoms. The van der Waals surface area contributed by atoms with Gasteiger partial charge in [-0.3, -0.25) is 0 Å². The molecule has 0 spiro atoms. The lowest BCUT2D eigenvalue weighted by Gasteiger charge is -2.35. The molecular formula is C12H26O2. The van der Waals surface area contributed by atoms with E-state index in [2.05, 4.69) is 20.8 Å². The summed E-state index contributed by atoms with van der Waals surface area (Å²) in [4.78, 5) is 0. The third kappa shape index (κ3) is 3.58. The van der Waals surface area contributed by atoms with Crippen LogP contribution in [-0.4, -0.2) is 22.9 Å². The standard InChI is InChI=1S/C12H26O2/c1-4-7-9-12(6-3,10-13)11(14)8-5-2/h11,13-14H,4-10H2,1-3H3. The fraction of sp³-hybridized carbons (Fsp3) is 1.00. The molecular weight excluding hydrogens is 176 g/mol. The van der Waals surface area contributed by atoms with Crippen molar-refractivity contribution in [2.24, 2.45) is 5.41 Å². The van der Waals surface area contributed by atoms with Gasteiger partial charge in [0.25, 0.3) is 0 Å². The molecule has 0 aliphatic carbocycles. The lowest BCUT2D eigenvalue weighted by atomic mass is 9.74. The molecule has 0 amide bonds. The van der Waals surface area contributed by atoms with Gasteiger partial charge in [-0.1, -0.05) is 40.0 Å². The molecule has 0 saturated carbocycles. The highest BCUT2D eigenvalue weighted by atomic mass is 16.3. The Balaban J connectivity index is 4.33. The smallest absolute Gasteiger partial charge is 0.0618 e. The van der Waals surface area contributed by atoms with Crippen LogP contribution in [0, 0.1) is 5.41 Å². The normalized spacial score (nSPS) is 17.8. The monoisotopic (exact) mass is 202 g/mol. The quantitative estimate of drug-likeness (QED) is 0.635. The van der Waals surface area contributed by atoms with E-state index in [4.69, 9.17) is 0 Å². The molecule has 0 bridgehead atoms. The summed E-state index contributed by atoms with van der Waals surface area (Å²) < 4.78 is 0. The van der Waals surface area contributed by atoms with E-state index < -0.39 is 0 Å². The molecule has 2 atom stereocenters. The molecule has 0 aliphatic heterocycles. The number of rotatable bonds is 8. The van der Waals surface area contributed by atoms with Crippen molar-refractivity contribution in [2.75, 3.05) is 6.61 Å². The molecule has 0 saturated heterocycles. The summed E-state index contributed by atoms with van der Waals surface area (Å²) in [6.45, 7) is 6.39. The van der Waals surface area contributed by atoms with Crippen LogP contribution < -0.4 is 0 Å². The van der Waals surface area contributed by atoms with Crippen molar-refractivity contribution in [1.29, 1.82) is 0 Å². The fourth-order valence-corrected chi connectivity index (χ4v) is 1.98. The van der Waals surface area contributed by atoms with E-state index >= 15 is 0 Å². The first kappa shape index (κ1) is 13.9. The van der Waals surface area contributed by atoms with Gasteiger partial charge in [0.05, 0.1) is 12.7 Å². The second-order valence-corrected chi connectivity index (χ2v) is 4.28. The average molecular weight is 202 g/mol. The molecule has 0 aromatic heterocycles. The summed E-state index contributed by atoms with van der Waals surface area (Å²) in [5.41, 5.74) is -0.244. The van der Waals surface area contributed by atoms with Crippen LogP contribution in [0.3, 0.4) is 0 Å². The highest BCUT2D eigenvalue weighted by Crippen LogP contribution is 2.34. The zero-order valence-corrected chi connectivity index (χ0v) is 9.92. The number of aliphatic hydroxyl groups is 2. The second-order valence-electron chi connectivity index (χ2n) is 4.28. The van der Waals surface area contributed by atoms with Gasteiger partial charge in [-0.15, -0.1) is 0 Å².